The summed E-state index contributed by atoms with van der Waals surface area (Å²) in [4.78, 5) is 3.99. The molecular weight excluding hydrogens is 224 g/mol. The van der Waals surface area contributed by atoms with Crippen molar-refractivity contribution in [2.45, 2.75) is 32.7 Å². The normalized spacial score (nSPS) is 12.7. The van der Waals surface area contributed by atoms with Crippen LogP contribution < -0.4 is 4.72 Å². The second-order valence-electron chi connectivity index (χ2n) is 4.29. The van der Waals surface area contributed by atoms with Gasteiger partial charge in [-0.15, -0.1) is 0 Å². The van der Waals surface area contributed by atoms with Gasteiger partial charge in [-0.3, -0.25) is 4.98 Å². The number of pyridine rings is 1. The minimum atomic E-state index is -3.22. The van der Waals surface area contributed by atoms with Gasteiger partial charge in [-0.05, 0) is 31.9 Å². The molecule has 0 aliphatic heterocycles. The Hall–Kier alpha value is -0.940. The summed E-state index contributed by atoms with van der Waals surface area (Å²) in [5.74, 6) is 0.149. The minimum absolute atomic E-state index is 0.149. The van der Waals surface area contributed by atoms with E-state index in [1.807, 2.05) is 26.8 Å². The number of rotatable bonds is 5. The highest BCUT2D eigenvalue weighted by molar-refractivity contribution is 7.89. The lowest BCUT2D eigenvalue weighted by atomic mass is 9.98. The average Bonchev–Trinajstić information content (AvgIpc) is 2.17. The molecule has 1 aromatic rings. The first kappa shape index (κ1) is 13.1. The van der Waals surface area contributed by atoms with Crippen LogP contribution in [0.3, 0.4) is 0 Å². The van der Waals surface area contributed by atoms with Gasteiger partial charge in [0.15, 0.2) is 0 Å². The van der Waals surface area contributed by atoms with E-state index >= 15 is 0 Å². The highest BCUT2D eigenvalue weighted by Crippen LogP contribution is 2.19. The van der Waals surface area contributed by atoms with Crippen molar-refractivity contribution in [2.75, 3.05) is 5.75 Å². The van der Waals surface area contributed by atoms with Gasteiger partial charge in [-0.25, -0.2) is 13.1 Å². The second-order valence-corrected chi connectivity index (χ2v) is 6.13. The van der Waals surface area contributed by atoms with Gasteiger partial charge < -0.3 is 0 Å². The van der Waals surface area contributed by atoms with Crippen LogP contribution in [0.4, 0.5) is 0 Å². The molecule has 1 aromatic heterocycles. The van der Waals surface area contributed by atoms with E-state index < -0.39 is 15.6 Å². The number of nitrogens with one attached hydrogen (secondary N) is 1. The van der Waals surface area contributed by atoms with Crippen LogP contribution in [0.2, 0.25) is 0 Å². The van der Waals surface area contributed by atoms with E-state index in [0.29, 0.717) is 6.42 Å². The lowest BCUT2D eigenvalue weighted by Crippen LogP contribution is -2.42. The smallest absolute Gasteiger partial charge is 0.212 e. The molecule has 0 radical (unpaired) electrons. The Kier molecular flexibility index (Phi) is 4.04. The molecule has 0 aliphatic rings. The van der Waals surface area contributed by atoms with Crippen molar-refractivity contribution >= 4 is 10.0 Å². The fraction of sp³-hybridized carbons (Fsp3) is 0.545. The van der Waals surface area contributed by atoms with E-state index in [9.17, 15) is 8.42 Å². The zero-order valence-corrected chi connectivity index (χ0v) is 10.7. The first-order valence-corrected chi connectivity index (χ1v) is 6.95. The third kappa shape index (κ3) is 3.57. The quantitative estimate of drug-likeness (QED) is 0.854. The van der Waals surface area contributed by atoms with Crippen LogP contribution in [-0.4, -0.2) is 19.2 Å². The summed E-state index contributed by atoms with van der Waals surface area (Å²) in [5, 5.41) is 0. The molecule has 4 nitrogen and oxygen atoms in total. The first-order valence-electron chi connectivity index (χ1n) is 5.29. The van der Waals surface area contributed by atoms with Gasteiger partial charge in [0, 0.05) is 12.4 Å². The third-order valence-electron chi connectivity index (χ3n) is 2.27. The molecule has 16 heavy (non-hydrogen) atoms. The molecule has 0 bridgehead atoms. The van der Waals surface area contributed by atoms with Crippen LogP contribution in [0, 0.1) is 0 Å². The van der Waals surface area contributed by atoms with Crippen LogP contribution >= 0.6 is 0 Å². The summed E-state index contributed by atoms with van der Waals surface area (Å²) in [6, 6.07) is 3.66. The van der Waals surface area contributed by atoms with Gasteiger partial charge in [0.25, 0.3) is 0 Å². The van der Waals surface area contributed by atoms with Crippen molar-refractivity contribution in [2.24, 2.45) is 0 Å². The van der Waals surface area contributed by atoms with Crippen molar-refractivity contribution in [3.05, 3.63) is 30.1 Å². The van der Waals surface area contributed by atoms with Crippen LogP contribution in [0.15, 0.2) is 24.5 Å². The maximum absolute atomic E-state index is 11.7. The number of hydrogen-bond donors (Lipinski definition) is 1. The van der Waals surface area contributed by atoms with Crippen molar-refractivity contribution < 1.29 is 8.42 Å². The maximum Gasteiger partial charge on any atom is 0.212 e. The molecule has 0 aliphatic carbocycles. The van der Waals surface area contributed by atoms with E-state index in [1.165, 1.54) is 0 Å². The Morgan fingerprint density at radius 2 is 2.12 bits per heavy atom. The molecule has 0 aromatic carbocycles. The lowest BCUT2D eigenvalue weighted by molar-refractivity contribution is 0.470. The standard InChI is InChI=1S/C11H18N2O2S/c1-4-8-16(14,15)13-11(2,3)10-6-5-7-12-9-10/h5-7,9,13H,4,8H2,1-3H3. The van der Waals surface area contributed by atoms with Gasteiger partial charge in [0.05, 0.1) is 11.3 Å². The van der Waals surface area contributed by atoms with Crippen LogP contribution in [0.1, 0.15) is 32.8 Å². The Morgan fingerprint density at radius 3 is 2.62 bits per heavy atom. The third-order valence-corrected chi connectivity index (χ3v) is 4.03. The molecule has 0 saturated heterocycles. The molecule has 0 saturated carbocycles. The average molecular weight is 242 g/mol. The highest BCUT2D eigenvalue weighted by Gasteiger charge is 2.26. The van der Waals surface area contributed by atoms with Crippen molar-refractivity contribution in [3.8, 4) is 0 Å². The van der Waals surface area contributed by atoms with E-state index in [0.717, 1.165) is 5.56 Å². The zero-order chi connectivity index (χ0) is 12.2. The van der Waals surface area contributed by atoms with Crippen molar-refractivity contribution in [1.82, 2.24) is 9.71 Å². The van der Waals surface area contributed by atoms with Gasteiger partial charge in [-0.1, -0.05) is 13.0 Å². The Balaban J connectivity index is 2.88. The van der Waals surface area contributed by atoms with Crippen molar-refractivity contribution in [1.29, 1.82) is 0 Å². The molecular formula is C11H18N2O2S. The predicted molar refractivity (Wildman–Crippen MR) is 64.5 cm³/mol. The van der Waals surface area contributed by atoms with Crippen molar-refractivity contribution in [3.63, 3.8) is 0 Å². The molecule has 5 heteroatoms. The van der Waals surface area contributed by atoms with Crippen LogP contribution in [0.5, 0.6) is 0 Å². The van der Waals surface area contributed by atoms with E-state index in [2.05, 4.69) is 9.71 Å². The summed E-state index contributed by atoms with van der Waals surface area (Å²) in [7, 11) is -3.22. The van der Waals surface area contributed by atoms with Gasteiger partial charge in [0.1, 0.15) is 0 Å². The molecule has 0 amide bonds. The van der Waals surface area contributed by atoms with Crippen LogP contribution in [0.25, 0.3) is 0 Å². The minimum Gasteiger partial charge on any atom is -0.264 e. The van der Waals surface area contributed by atoms with E-state index in [4.69, 9.17) is 0 Å². The second kappa shape index (κ2) is 4.93. The number of sulfonamides is 1. The van der Waals surface area contributed by atoms with E-state index in [-0.39, 0.29) is 5.75 Å². The monoisotopic (exact) mass is 242 g/mol. The lowest BCUT2D eigenvalue weighted by Gasteiger charge is -2.26. The van der Waals surface area contributed by atoms with Gasteiger partial charge in [-0.2, -0.15) is 0 Å². The molecule has 0 atom stereocenters. The van der Waals surface area contributed by atoms with Crippen LogP contribution in [-0.2, 0) is 15.6 Å². The molecule has 90 valence electrons. The molecule has 0 spiro atoms. The molecule has 0 fully saturated rings. The largest absolute Gasteiger partial charge is 0.264 e. The topological polar surface area (TPSA) is 59.1 Å². The number of hydrogen-bond acceptors (Lipinski definition) is 3. The summed E-state index contributed by atoms with van der Waals surface area (Å²) >= 11 is 0. The Bertz CT molecular complexity index is 427. The fourth-order valence-electron chi connectivity index (χ4n) is 1.50. The summed E-state index contributed by atoms with van der Waals surface area (Å²) < 4.78 is 26.1. The van der Waals surface area contributed by atoms with E-state index in [1.54, 1.807) is 18.5 Å². The number of nitrogens with zero attached hydrogens (tertiary/aromatic N) is 1. The summed E-state index contributed by atoms with van der Waals surface area (Å²) in [6.07, 6.45) is 3.95. The first-order chi connectivity index (χ1) is 7.37. The Labute approximate surface area is 97.2 Å². The summed E-state index contributed by atoms with van der Waals surface area (Å²) in [5.41, 5.74) is 0.233. The molecule has 1 N–H and O–H groups in total. The fourth-order valence-corrected chi connectivity index (χ4v) is 3.03. The maximum atomic E-state index is 11.7. The molecule has 1 heterocycles. The molecule has 0 unspecified atom stereocenters. The number of aromatic nitrogens is 1. The SMILES string of the molecule is CCCS(=O)(=O)NC(C)(C)c1cccnc1. The van der Waals surface area contributed by atoms with Gasteiger partial charge in [0.2, 0.25) is 10.0 Å². The molecule has 1 rings (SSSR count). The summed E-state index contributed by atoms with van der Waals surface area (Å²) in [6.45, 7) is 5.50. The zero-order valence-electron chi connectivity index (χ0n) is 9.90. The predicted octanol–water partition coefficient (Wildman–Crippen LogP) is 1.65. The highest BCUT2D eigenvalue weighted by atomic mass is 32.2. The van der Waals surface area contributed by atoms with Gasteiger partial charge >= 0.3 is 0 Å². The Morgan fingerprint density at radius 1 is 1.44 bits per heavy atom.